The van der Waals surface area contributed by atoms with E-state index < -0.39 is 24.9 Å². The van der Waals surface area contributed by atoms with Crippen molar-refractivity contribution in [3.05, 3.63) is 0 Å². The first-order valence-electron chi connectivity index (χ1n) is 2.87. The van der Waals surface area contributed by atoms with Gasteiger partial charge in [0.25, 0.3) is 0 Å². The molecule has 10 heavy (non-hydrogen) atoms. The van der Waals surface area contributed by atoms with Gasteiger partial charge in [-0.2, -0.15) is 0 Å². The zero-order chi connectivity index (χ0) is 8.15. The monoisotopic (exact) mass is 262 g/mol. The van der Waals surface area contributed by atoms with Crippen LogP contribution in [0.2, 0.25) is 0 Å². The molecule has 3 N–H and O–H groups in total. The van der Waals surface area contributed by atoms with Gasteiger partial charge in [0, 0.05) is 0 Å². The van der Waals surface area contributed by atoms with Crippen molar-refractivity contribution >= 4 is 23.0 Å². The molecule has 0 rings (SSSR count). The fourth-order valence-corrected chi connectivity index (χ4v) is 0.774. The molecule has 0 aliphatic rings. The molecule has 0 spiro atoms. The van der Waals surface area contributed by atoms with Crippen LogP contribution < -0.4 is 0 Å². The van der Waals surface area contributed by atoms with Gasteiger partial charge in [-0.25, -0.2) is 0 Å². The number of halogens is 1. The Morgan fingerprint density at radius 1 is 1.50 bits per heavy atom. The van der Waals surface area contributed by atoms with Crippen LogP contribution in [0.5, 0.6) is 0 Å². The van der Waals surface area contributed by atoms with Crippen molar-refractivity contribution in [3.63, 3.8) is 0 Å². The van der Waals surface area contributed by atoms with Gasteiger partial charge in [-0.15, -0.1) is 0 Å². The van der Waals surface area contributed by atoms with Crippen LogP contribution >= 0.6 is 23.0 Å². The van der Waals surface area contributed by atoms with Crippen molar-refractivity contribution < 1.29 is 18.4 Å². The Hall–Kier alpha value is 0.570. The van der Waals surface area contributed by atoms with Crippen LogP contribution in [-0.2, 0) is 3.07 Å². The summed E-state index contributed by atoms with van der Waals surface area (Å²) in [5.41, 5.74) is 0. The van der Waals surface area contributed by atoms with Gasteiger partial charge in [0.2, 0.25) is 0 Å². The van der Waals surface area contributed by atoms with E-state index in [4.69, 9.17) is 15.3 Å². The zero-order valence-corrected chi connectivity index (χ0v) is 7.72. The van der Waals surface area contributed by atoms with Crippen molar-refractivity contribution in [2.75, 3.05) is 6.61 Å². The normalized spacial score (nSPS) is 20.1. The molecule has 0 saturated carbocycles. The van der Waals surface area contributed by atoms with E-state index >= 15 is 0 Å². The molecule has 0 amide bonds. The molecule has 4 nitrogen and oxygen atoms in total. The lowest BCUT2D eigenvalue weighted by molar-refractivity contribution is -0.0526. The highest BCUT2D eigenvalue weighted by Crippen LogP contribution is 2.06. The topological polar surface area (TPSA) is 69.9 Å². The third-order valence-electron chi connectivity index (χ3n) is 1.20. The second-order valence-electron chi connectivity index (χ2n) is 2.03. The van der Waals surface area contributed by atoms with Crippen LogP contribution in [0.1, 0.15) is 6.92 Å². The SMILES string of the molecule is CC(OI)C(O)C(O)CO. The van der Waals surface area contributed by atoms with E-state index in [1.807, 2.05) is 0 Å². The second kappa shape index (κ2) is 5.25. The fraction of sp³-hybridized carbons (Fsp3) is 1.00. The lowest BCUT2D eigenvalue weighted by Crippen LogP contribution is -2.38. The van der Waals surface area contributed by atoms with Gasteiger partial charge in [0.15, 0.2) is 0 Å². The predicted octanol–water partition coefficient (Wildman–Crippen LogP) is -0.544. The zero-order valence-electron chi connectivity index (χ0n) is 5.57. The Kier molecular flexibility index (Phi) is 5.55. The maximum absolute atomic E-state index is 9.05. The highest BCUT2D eigenvalue weighted by molar-refractivity contribution is 14.1. The van der Waals surface area contributed by atoms with Gasteiger partial charge in [0.05, 0.1) is 12.7 Å². The summed E-state index contributed by atoms with van der Waals surface area (Å²) in [5.74, 6) is 0. The Bertz CT molecular complexity index is 79.7. The maximum Gasteiger partial charge on any atom is 0.110 e. The van der Waals surface area contributed by atoms with Crippen molar-refractivity contribution in [1.29, 1.82) is 0 Å². The minimum absolute atomic E-state index is 0.453. The molecular formula is C5H11IO4. The number of hydrogen-bond acceptors (Lipinski definition) is 4. The third kappa shape index (κ3) is 3.11. The van der Waals surface area contributed by atoms with Crippen LogP contribution in [0, 0.1) is 0 Å². The predicted molar refractivity (Wildman–Crippen MR) is 43.7 cm³/mol. The van der Waals surface area contributed by atoms with E-state index in [0.717, 1.165) is 0 Å². The van der Waals surface area contributed by atoms with Crippen molar-refractivity contribution in [2.24, 2.45) is 0 Å². The van der Waals surface area contributed by atoms with Gasteiger partial charge >= 0.3 is 0 Å². The smallest absolute Gasteiger partial charge is 0.110 e. The Morgan fingerprint density at radius 3 is 2.30 bits per heavy atom. The summed E-state index contributed by atoms with van der Waals surface area (Å²) in [7, 11) is 0. The van der Waals surface area contributed by atoms with Crippen molar-refractivity contribution in [2.45, 2.75) is 25.2 Å². The molecule has 62 valence electrons. The van der Waals surface area contributed by atoms with Crippen molar-refractivity contribution in [1.82, 2.24) is 0 Å². The fourth-order valence-electron chi connectivity index (χ4n) is 0.474. The summed E-state index contributed by atoms with van der Waals surface area (Å²) < 4.78 is 4.68. The molecule has 0 aliphatic carbocycles. The van der Waals surface area contributed by atoms with Crippen molar-refractivity contribution in [3.8, 4) is 0 Å². The van der Waals surface area contributed by atoms with E-state index in [9.17, 15) is 0 Å². The number of aliphatic hydroxyl groups is 3. The molecule has 0 aromatic heterocycles. The lowest BCUT2D eigenvalue weighted by Gasteiger charge is -2.19. The van der Waals surface area contributed by atoms with Gasteiger partial charge in [-0.3, -0.25) is 0 Å². The summed E-state index contributed by atoms with van der Waals surface area (Å²) >= 11 is 1.63. The molecule has 0 heterocycles. The Morgan fingerprint density at radius 2 is 2.00 bits per heavy atom. The summed E-state index contributed by atoms with van der Waals surface area (Å²) in [4.78, 5) is 0. The molecule has 0 aliphatic heterocycles. The van der Waals surface area contributed by atoms with Crippen LogP contribution in [0.25, 0.3) is 0 Å². The molecule has 0 aromatic carbocycles. The molecule has 0 saturated heterocycles. The minimum Gasteiger partial charge on any atom is -0.394 e. The van der Waals surface area contributed by atoms with Crippen LogP contribution in [0.15, 0.2) is 0 Å². The maximum atomic E-state index is 9.05. The van der Waals surface area contributed by atoms with Gasteiger partial charge in [-0.05, 0) is 6.92 Å². The molecule has 0 bridgehead atoms. The third-order valence-corrected chi connectivity index (χ3v) is 2.00. The van der Waals surface area contributed by atoms with E-state index in [1.165, 1.54) is 0 Å². The van der Waals surface area contributed by atoms with Crippen LogP contribution in [-0.4, -0.2) is 40.2 Å². The molecule has 5 heteroatoms. The van der Waals surface area contributed by atoms with E-state index in [1.54, 1.807) is 29.9 Å². The number of aliphatic hydroxyl groups excluding tert-OH is 3. The highest BCUT2D eigenvalue weighted by Gasteiger charge is 2.22. The highest BCUT2D eigenvalue weighted by atomic mass is 127. The van der Waals surface area contributed by atoms with Gasteiger partial charge in [0.1, 0.15) is 35.2 Å². The van der Waals surface area contributed by atoms with Gasteiger partial charge < -0.3 is 18.4 Å². The summed E-state index contributed by atoms with van der Waals surface area (Å²) in [6.07, 6.45) is -2.62. The average molecular weight is 262 g/mol. The molecule has 3 atom stereocenters. The van der Waals surface area contributed by atoms with E-state index in [-0.39, 0.29) is 0 Å². The van der Waals surface area contributed by atoms with E-state index in [2.05, 4.69) is 3.07 Å². The summed E-state index contributed by atoms with van der Waals surface area (Å²) in [6.45, 7) is 1.15. The second-order valence-corrected chi connectivity index (χ2v) is 2.54. The quantitative estimate of drug-likeness (QED) is 0.595. The molecular weight excluding hydrogens is 251 g/mol. The molecule has 0 aromatic rings. The summed E-state index contributed by atoms with van der Waals surface area (Å²) in [6, 6.07) is 0. The lowest BCUT2D eigenvalue weighted by atomic mass is 10.1. The summed E-state index contributed by atoms with van der Waals surface area (Å²) in [5, 5.41) is 26.3. The van der Waals surface area contributed by atoms with E-state index in [0.29, 0.717) is 0 Å². The Balaban J connectivity index is 3.69. The number of hydrogen-bond donors (Lipinski definition) is 3. The van der Waals surface area contributed by atoms with Crippen LogP contribution in [0.4, 0.5) is 0 Å². The minimum atomic E-state index is -1.12. The standard InChI is InChI=1S/C5H11IO4/c1-3(10-6)5(9)4(8)2-7/h3-5,7-9H,2H2,1H3. The molecule has 3 unspecified atom stereocenters. The molecule has 0 radical (unpaired) electrons. The van der Waals surface area contributed by atoms with Gasteiger partial charge in [-0.1, -0.05) is 0 Å². The number of rotatable bonds is 4. The average Bonchev–Trinajstić information content (AvgIpc) is 2.00. The first-order valence-corrected chi connectivity index (χ1v) is 3.76. The largest absolute Gasteiger partial charge is 0.394 e. The first kappa shape index (κ1) is 10.6. The molecule has 0 fully saturated rings. The Labute approximate surface area is 73.5 Å². The van der Waals surface area contributed by atoms with Crippen LogP contribution in [0.3, 0.4) is 0 Å². The first-order chi connectivity index (χ1) is 4.63.